The van der Waals surface area contributed by atoms with Crippen molar-refractivity contribution in [1.82, 2.24) is 4.90 Å². The number of hydrogen-bond acceptors (Lipinski definition) is 4. The van der Waals surface area contributed by atoms with E-state index in [4.69, 9.17) is 5.11 Å². The topological polar surface area (TPSA) is 110 Å². The summed E-state index contributed by atoms with van der Waals surface area (Å²) in [5.74, 6) is -3.99. The number of carbonyl (C=O) groups is 2. The molecule has 21 heavy (non-hydrogen) atoms. The number of amides is 2. The molecule has 2 amide bonds. The number of carboxylic acid groups (broad SMARTS) is 1. The van der Waals surface area contributed by atoms with Crippen molar-refractivity contribution in [2.45, 2.75) is 12.2 Å². The van der Waals surface area contributed by atoms with E-state index in [1.165, 1.54) is 0 Å². The summed E-state index contributed by atoms with van der Waals surface area (Å²) in [5.41, 5.74) is -1.29. The third-order valence-corrected chi connectivity index (χ3v) is 3.07. The van der Waals surface area contributed by atoms with Crippen LogP contribution in [0.5, 0.6) is 0 Å². The minimum absolute atomic E-state index is 0.151. The molecule has 1 saturated heterocycles. The van der Waals surface area contributed by atoms with Crippen LogP contribution in [0.4, 0.5) is 19.3 Å². The lowest BCUT2D eigenvalue weighted by atomic mass is 10.2. The van der Waals surface area contributed by atoms with E-state index in [1.54, 1.807) is 0 Å². The molecule has 0 radical (unpaired) electrons. The number of carboxylic acids is 1. The summed E-state index contributed by atoms with van der Waals surface area (Å²) in [4.78, 5) is 23.6. The average Bonchev–Trinajstić information content (AvgIpc) is 2.72. The molecule has 4 N–H and O–H groups in total. The number of nitrogens with one attached hydrogen (secondary N) is 1. The van der Waals surface area contributed by atoms with Crippen LogP contribution in [0.25, 0.3) is 0 Å². The Bertz CT molecular complexity index is 585. The fraction of sp³-hybridized carbons (Fsp3) is 0.333. The van der Waals surface area contributed by atoms with Gasteiger partial charge in [0.05, 0.1) is 36.5 Å². The highest BCUT2D eigenvalue weighted by atomic mass is 19.1. The average molecular weight is 302 g/mol. The molecule has 7 nitrogen and oxygen atoms in total. The summed E-state index contributed by atoms with van der Waals surface area (Å²) < 4.78 is 26.7. The monoisotopic (exact) mass is 302 g/mol. The van der Waals surface area contributed by atoms with E-state index in [-0.39, 0.29) is 13.1 Å². The van der Waals surface area contributed by atoms with Crippen LogP contribution in [-0.2, 0) is 0 Å². The molecule has 1 aliphatic heterocycles. The minimum atomic E-state index is -1.60. The number of anilines is 1. The van der Waals surface area contributed by atoms with Crippen LogP contribution in [0.15, 0.2) is 12.1 Å². The molecule has 114 valence electrons. The predicted molar refractivity (Wildman–Crippen MR) is 65.9 cm³/mol. The van der Waals surface area contributed by atoms with Crippen LogP contribution in [0.3, 0.4) is 0 Å². The van der Waals surface area contributed by atoms with Gasteiger partial charge in [-0.1, -0.05) is 0 Å². The normalized spacial score (nSPS) is 21.4. The van der Waals surface area contributed by atoms with Gasteiger partial charge < -0.3 is 25.5 Å². The zero-order valence-electron chi connectivity index (χ0n) is 10.6. The quantitative estimate of drug-likeness (QED) is 0.625. The molecule has 1 aromatic rings. The largest absolute Gasteiger partial charge is 0.478 e. The van der Waals surface area contributed by atoms with Crippen molar-refractivity contribution >= 4 is 17.7 Å². The lowest BCUT2D eigenvalue weighted by Gasteiger charge is -2.17. The number of aliphatic hydroxyl groups excluding tert-OH is 2. The Kier molecular flexibility index (Phi) is 4.05. The summed E-state index contributed by atoms with van der Waals surface area (Å²) in [6.45, 7) is -0.302. The van der Waals surface area contributed by atoms with Gasteiger partial charge in [0.1, 0.15) is 11.6 Å². The predicted octanol–water partition coefficient (Wildman–Crippen LogP) is 0.232. The van der Waals surface area contributed by atoms with E-state index < -0.39 is 47.1 Å². The maximum Gasteiger partial charge on any atom is 0.338 e. The van der Waals surface area contributed by atoms with E-state index in [2.05, 4.69) is 5.32 Å². The van der Waals surface area contributed by atoms with Crippen molar-refractivity contribution in [3.8, 4) is 0 Å². The number of aliphatic hydroxyl groups is 2. The number of hydrogen-bond donors (Lipinski definition) is 4. The first-order valence-corrected chi connectivity index (χ1v) is 5.94. The van der Waals surface area contributed by atoms with Gasteiger partial charge >= 0.3 is 12.0 Å². The number of likely N-dealkylation sites (tertiary alicyclic amines) is 1. The first-order valence-electron chi connectivity index (χ1n) is 5.94. The van der Waals surface area contributed by atoms with Crippen LogP contribution in [0.1, 0.15) is 10.4 Å². The number of β-amino-alcohol motifs (C(OH)–C–C–N with tert-alkyl or cyclic N) is 2. The second kappa shape index (κ2) is 5.62. The zero-order chi connectivity index (χ0) is 15.7. The first-order chi connectivity index (χ1) is 9.79. The molecule has 9 heteroatoms. The van der Waals surface area contributed by atoms with Gasteiger partial charge in [-0.15, -0.1) is 0 Å². The highest BCUT2D eigenvalue weighted by molar-refractivity contribution is 5.93. The van der Waals surface area contributed by atoms with Crippen molar-refractivity contribution in [2.24, 2.45) is 0 Å². The molecule has 1 aliphatic rings. The number of aromatic carboxylic acids is 1. The SMILES string of the molecule is O=C(O)c1cc(NC(=O)N2CC(O)C(O)C2)c(F)cc1F. The van der Waals surface area contributed by atoms with Gasteiger partial charge in [0.15, 0.2) is 0 Å². The third-order valence-electron chi connectivity index (χ3n) is 3.07. The summed E-state index contributed by atoms with van der Waals surface area (Å²) in [7, 11) is 0. The number of halogens is 2. The third kappa shape index (κ3) is 3.09. The smallest absolute Gasteiger partial charge is 0.338 e. The zero-order valence-corrected chi connectivity index (χ0v) is 10.6. The summed E-state index contributed by atoms with van der Waals surface area (Å²) in [5, 5.41) is 29.5. The highest BCUT2D eigenvalue weighted by Crippen LogP contribution is 2.21. The Labute approximate surface area is 117 Å². The van der Waals surface area contributed by atoms with Gasteiger partial charge in [0.25, 0.3) is 0 Å². The Hall–Kier alpha value is -2.26. The molecule has 0 spiro atoms. The first kappa shape index (κ1) is 15.1. The van der Waals surface area contributed by atoms with E-state index >= 15 is 0 Å². The van der Waals surface area contributed by atoms with Crippen molar-refractivity contribution in [1.29, 1.82) is 0 Å². The van der Waals surface area contributed by atoms with Crippen molar-refractivity contribution in [3.05, 3.63) is 29.3 Å². The van der Waals surface area contributed by atoms with E-state index in [1.807, 2.05) is 0 Å². The second-order valence-electron chi connectivity index (χ2n) is 4.59. The molecule has 2 rings (SSSR count). The standard InChI is InChI=1S/C12H12F2N2O5/c13-6-2-7(14)8(1-5(6)11(19)20)15-12(21)16-3-9(17)10(18)4-16/h1-2,9-10,17-18H,3-4H2,(H,15,21)(H,19,20). The molecular weight excluding hydrogens is 290 g/mol. The van der Waals surface area contributed by atoms with Crippen molar-refractivity contribution in [3.63, 3.8) is 0 Å². The fourth-order valence-electron chi connectivity index (χ4n) is 1.94. The number of urea groups is 1. The molecule has 2 atom stereocenters. The van der Waals surface area contributed by atoms with Gasteiger partial charge in [-0.05, 0) is 6.07 Å². The molecule has 0 aromatic heterocycles. The van der Waals surface area contributed by atoms with E-state index in [0.29, 0.717) is 12.1 Å². The van der Waals surface area contributed by atoms with Crippen LogP contribution >= 0.6 is 0 Å². The molecule has 1 aromatic carbocycles. The van der Waals surface area contributed by atoms with Gasteiger partial charge in [-0.2, -0.15) is 0 Å². The lowest BCUT2D eigenvalue weighted by molar-refractivity contribution is 0.0572. The van der Waals surface area contributed by atoms with Crippen LogP contribution in [0, 0.1) is 11.6 Å². The van der Waals surface area contributed by atoms with Crippen molar-refractivity contribution in [2.75, 3.05) is 18.4 Å². The Morgan fingerprint density at radius 3 is 2.24 bits per heavy atom. The Morgan fingerprint density at radius 1 is 1.14 bits per heavy atom. The second-order valence-corrected chi connectivity index (χ2v) is 4.59. The number of benzene rings is 1. The summed E-state index contributed by atoms with van der Waals surface area (Å²) in [6.07, 6.45) is -2.22. The summed E-state index contributed by atoms with van der Waals surface area (Å²) in [6, 6.07) is 0.174. The van der Waals surface area contributed by atoms with Gasteiger partial charge in [-0.3, -0.25) is 0 Å². The number of nitrogens with zero attached hydrogens (tertiary/aromatic N) is 1. The minimum Gasteiger partial charge on any atom is -0.478 e. The summed E-state index contributed by atoms with van der Waals surface area (Å²) >= 11 is 0. The highest BCUT2D eigenvalue weighted by Gasteiger charge is 2.33. The van der Waals surface area contributed by atoms with Crippen molar-refractivity contribution < 1.29 is 33.7 Å². The van der Waals surface area contributed by atoms with Crippen LogP contribution < -0.4 is 5.32 Å². The van der Waals surface area contributed by atoms with Gasteiger partial charge in [-0.25, -0.2) is 18.4 Å². The number of carbonyl (C=O) groups excluding carboxylic acids is 1. The molecule has 0 aliphatic carbocycles. The lowest BCUT2D eigenvalue weighted by Crippen LogP contribution is -2.34. The maximum atomic E-state index is 13.5. The van der Waals surface area contributed by atoms with Gasteiger partial charge in [0, 0.05) is 6.07 Å². The molecule has 0 bridgehead atoms. The molecule has 1 fully saturated rings. The Morgan fingerprint density at radius 2 is 1.71 bits per heavy atom. The Balaban J connectivity index is 2.18. The van der Waals surface area contributed by atoms with Crippen LogP contribution in [0.2, 0.25) is 0 Å². The maximum absolute atomic E-state index is 13.5. The molecule has 1 heterocycles. The fourth-order valence-corrected chi connectivity index (χ4v) is 1.94. The molecule has 0 saturated carbocycles. The van der Waals surface area contributed by atoms with E-state index in [9.17, 15) is 28.6 Å². The van der Waals surface area contributed by atoms with Gasteiger partial charge in [0.2, 0.25) is 0 Å². The van der Waals surface area contributed by atoms with Crippen LogP contribution in [-0.4, -0.2) is 57.5 Å². The molecular formula is C12H12F2N2O5. The van der Waals surface area contributed by atoms with E-state index in [0.717, 1.165) is 4.90 Å². The number of rotatable bonds is 2. The molecule has 2 unspecified atom stereocenters.